The Kier molecular flexibility index (Phi) is 7.13. The maximum Gasteiger partial charge on any atom is 0.227 e. The number of hydrogen-bond acceptors (Lipinski definition) is 2. The summed E-state index contributed by atoms with van der Waals surface area (Å²) in [5.41, 5.74) is 15.2. The fraction of sp³-hybridized carbons (Fsp3) is 0.109. The van der Waals surface area contributed by atoms with Crippen LogP contribution in [0.2, 0.25) is 0 Å². The molecule has 1 aliphatic carbocycles. The molecule has 0 saturated carbocycles. The largest absolute Gasteiger partial charge is 0.436 e. The van der Waals surface area contributed by atoms with Gasteiger partial charge in [-0.15, -0.1) is 0 Å². The Hall–Kier alpha value is -5.93. The van der Waals surface area contributed by atoms with E-state index in [-0.39, 0.29) is 5.92 Å². The van der Waals surface area contributed by atoms with Gasteiger partial charge in [-0.25, -0.2) is 4.98 Å². The van der Waals surface area contributed by atoms with E-state index in [0.29, 0.717) is 5.89 Å². The Morgan fingerprint density at radius 3 is 2.31 bits per heavy atom. The number of aryl methyl sites for hydroxylation is 2. The lowest BCUT2D eigenvalue weighted by atomic mass is 9.79. The van der Waals surface area contributed by atoms with E-state index in [4.69, 9.17) is 9.40 Å². The highest BCUT2D eigenvalue weighted by molar-refractivity contribution is 6.10. The second kappa shape index (κ2) is 11.9. The van der Waals surface area contributed by atoms with Crippen molar-refractivity contribution in [2.24, 2.45) is 0 Å². The Morgan fingerprint density at radius 1 is 0.714 bits per heavy atom. The minimum Gasteiger partial charge on any atom is -0.436 e. The number of para-hydroxylation sites is 2. The second-order valence-electron chi connectivity index (χ2n) is 13.1. The number of oxazole rings is 1. The molecule has 0 spiro atoms. The predicted molar refractivity (Wildman–Crippen MR) is 204 cm³/mol. The second-order valence-corrected chi connectivity index (χ2v) is 13.1. The number of fused-ring (bicyclic) bond motifs is 4. The summed E-state index contributed by atoms with van der Waals surface area (Å²) in [6, 6.07) is 48.3. The minimum absolute atomic E-state index is 0.230. The SMILES string of the molecule is CCc1cc(C)c2oc(-c3ccc(-c4ccccc4C4CC=CC=C4c4ccc5c(c4)c4ccccc4n5-c4ccccc4)cc3)nc2c1. The van der Waals surface area contributed by atoms with E-state index in [2.05, 4.69) is 170 Å². The first-order valence-corrected chi connectivity index (χ1v) is 17.2. The summed E-state index contributed by atoms with van der Waals surface area (Å²) in [6.45, 7) is 4.27. The van der Waals surface area contributed by atoms with Crippen LogP contribution in [-0.2, 0) is 6.42 Å². The van der Waals surface area contributed by atoms with Crippen molar-refractivity contribution in [1.29, 1.82) is 0 Å². The molecule has 49 heavy (non-hydrogen) atoms. The molecule has 0 amide bonds. The summed E-state index contributed by atoms with van der Waals surface area (Å²) in [5, 5.41) is 2.54. The van der Waals surface area contributed by atoms with Crippen LogP contribution >= 0.6 is 0 Å². The van der Waals surface area contributed by atoms with Crippen LogP contribution in [0.25, 0.3) is 66.7 Å². The molecule has 0 aliphatic heterocycles. The van der Waals surface area contributed by atoms with E-state index in [1.165, 1.54) is 60.9 Å². The highest BCUT2D eigenvalue weighted by Crippen LogP contribution is 2.44. The van der Waals surface area contributed by atoms with Crippen LogP contribution in [-0.4, -0.2) is 9.55 Å². The van der Waals surface area contributed by atoms with E-state index in [1.807, 2.05) is 0 Å². The van der Waals surface area contributed by atoms with Gasteiger partial charge in [-0.1, -0.05) is 110 Å². The molecule has 1 atom stereocenters. The van der Waals surface area contributed by atoms with Gasteiger partial charge in [0.15, 0.2) is 5.58 Å². The molecule has 236 valence electrons. The summed E-state index contributed by atoms with van der Waals surface area (Å²) in [7, 11) is 0. The van der Waals surface area contributed by atoms with Crippen LogP contribution < -0.4 is 0 Å². The van der Waals surface area contributed by atoms with Crippen LogP contribution in [0.1, 0.15) is 41.5 Å². The number of nitrogens with zero attached hydrogens (tertiary/aromatic N) is 2. The lowest BCUT2D eigenvalue weighted by Crippen LogP contribution is -2.06. The van der Waals surface area contributed by atoms with Crippen LogP contribution in [0, 0.1) is 6.92 Å². The average molecular weight is 633 g/mol. The van der Waals surface area contributed by atoms with Crippen molar-refractivity contribution >= 4 is 38.5 Å². The number of allylic oxidation sites excluding steroid dienone is 4. The van der Waals surface area contributed by atoms with E-state index in [0.717, 1.165) is 35.1 Å². The number of hydrogen-bond donors (Lipinski definition) is 0. The summed E-state index contributed by atoms with van der Waals surface area (Å²) < 4.78 is 8.65. The molecule has 8 aromatic rings. The number of aromatic nitrogens is 2. The average Bonchev–Trinajstić information content (AvgIpc) is 3.75. The Balaban J connectivity index is 1.09. The van der Waals surface area contributed by atoms with Crippen molar-refractivity contribution in [3.63, 3.8) is 0 Å². The highest BCUT2D eigenvalue weighted by Gasteiger charge is 2.23. The molecule has 1 unspecified atom stereocenters. The molecule has 0 N–H and O–H groups in total. The molecule has 0 fully saturated rings. The maximum absolute atomic E-state index is 6.27. The predicted octanol–water partition coefficient (Wildman–Crippen LogP) is 12.3. The van der Waals surface area contributed by atoms with Crippen LogP contribution in [0.3, 0.4) is 0 Å². The van der Waals surface area contributed by atoms with Gasteiger partial charge in [0.25, 0.3) is 0 Å². The first kappa shape index (κ1) is 29.2. The molecule has 3 nitrogen and oxygen atoms in total. The first-order valence-electron chi connectivity index (χ1n) is 17.2. The van der Waals surface area contributed by atoms with Crippen molar-refractivity contribution in [1.82, 2.24) is 9.55 Å². The van der Waals surface area contributed by atoms with E-state index in [1.54, 1.807) is 0 Å². The van der Waals surface area contributed by atoms with E-state index < -0.39 is 0 Å². The molecule has 9 rings (SSSR count). The first-order chi connectivity index (χ1) is 24.2. The molecule has 2 heterocycles. The third-order valence-corrected chi connectivity index (χ3v) is 10.1. The molecule has 0 radical (unpaired) electrons. The highest BCUT2D eigenvalue weighted by atomic mass is 16.3. The van der Waals surface area contributed by atoms with Gasteiger partial charge < -0.3 is 8.98 Å². The van der Waals surface area contributed by atoms with Crippen molar-refractivity contribution in [2.75, 3.05) is 0 Å². The molecular weight excluding hydrogens is 597 g/mol. The van der Waals surface area contributed by atoms with Crippen molar-refractivity contribution < 1.29 is 4.42 Å². The number of rotatable bonds is 6. The molecular formula is C46H36N2O. The Bertz CT molecular complexity index is 2560. The van der Waals surface area contributed by atoms with Gasteiger partial charge in [-0.05, 0) is 107 Å². The molecule has 6 aromatic carbocycles. The quantitative estimate of drug-likeness (QED) is 0.183. The van der Waals surface area contributed by atoms with Crippen molar-refractivity contribution in [3.8, 4) is 28.3 Å². The van der Waals surface area contributed by atoms with E-state index >= 15 is 0 Å². The third-order valence-electron chi connectivity index (χ3n) is 10.1. The lowest BCUT2D eigenvalue weighted by Gasteiger charge is -2.25. The van der Waals surface area contributed by atoms with Gasteiger partial charge in [0.05, 0.1) is 11.0 Å². The van der Waals surface area contributed by atoms with Gasteiger partial charge in [0, 0.05) is 27.9 Å². The standard InChI is InChI=1S/C46H36N2O/c1-3-31-27-30(2)45-42(28-31)47-46(49-45)33-23-21-32(22-24-33)36-15-7-9-17-38(36)39-18-10-8-16-37(39)34-25-26-44-41(29-34)40-19-11-12-20-43(40)48(44)35-13-5-4-6-14-35/h4-17,19-29,39H,3,18H2,1-2H3. The summed E-state index contributed by atoms with van der Waals surface area (Å²) in [6.07, 6.45) is 8.75. The van der Waals surface area contributed by atoms with Gasteiger partial charge >= 0.3 is 0 Å². The number of benzene rings is 6. The zero-order chi connectivity index (χ0) is 32.9. The summed E-state index contributed by atoms with van der Waals surface area (Å²) in [5.74, 6) is 0.895. The summed E-state index contributed by atoms with van der Waals surface area (Å²) in [4.78, 5) is 4.87. The fourth-order valence-electron chi connectivity index (χ4n) is 7.69. The molecule has 0 saturated heterocycles. The Labute approximate surface area is 286 Å². The maximum atomic E-state index is 6.27. The van der Waals surface area contributed by atoms with Crippen molar-refractivity contribution in [3.05, 3.63) is 174 Å². The zero-order valence-corrected chi connectivity index (χ0v) is 27.7. The molecule has 2 aromatic heterocycles. The minimum atomic E-state index is 0.230. The molecule has 3 heteroatoms. The van der Waals surface area contributed by atoms with E-state index in [9.17, 15) is 0 Å². The normalized spacial score (nSPS) is 14.6. The van der Waals surface area contributed by atoms with Gasteiger partial charge in [0.2, 0.25) is 5.89 Å². The van der Waals surface area contributed by atoms with Crippen LogP contribution in [0.4, 0.5) is 0 Å². The Morgan fingerprint density at radius 2 is 1.45 bits per heavy atom. The monoisotopic (exact) mass is 632 g/mol. The van der Waals surface area contributed by atoms with Gasteiger partial charge in [0.1, 0.15) is 5.52 Å². The van der Waals surface area contributed by atoms with Crippen molar-refractivity contribution in [2.45, 2.75) is 32.6 Å². The summed E-state index contributed by atoms with van der Waals surface area (Å²) >= 11 is 0. The fourth-order valence-corrected chi connectivity index (χ4v) is 7.69. The molecule has 0 bridgehead atoms. The van der Waals surface area contributed by atoms with Crippen LogP contribution in [0.5, 0.6) is 0 Å². The van der Waals surface area contributed by atoms with Gasteiger partial charge in [-0.2, -0.15) is 0 Å². The smallest absolute Gasteiger partial charge is 0.227 e. The third kappa shape index (κ3) is 5.01. The van der Waals surface area contributed by atoms with Gasteiger partial charge in [-0.3, -0.25) is 0 Å². The topological polar surface area (TPSA) is 31.0 Å². The molecule has 1 aliphatic rings. The van der Waals surface area contributed by atoms with Crippen LogP contribution in [0.15, 0.2) is 156 Å². The lowest BCUT2D eigenvalue weighted by molar-refractivity contribution is 0.617. The zero-order valence-electron chi connectivity index (χ0n) is 27.7.